The van der Waals surface area contributed by atoms with Crippen molar-refractivity contribution in [1.82, 2.24) is 10.4 Å². The van der Waals surface area contributed by atoms with E-state index in [2.05, 4.69) is 5.32 Å². The summed E-state index contributed by atoms with van der Waals surface area (Å²) in [7, 11) is 0. The lowest BCUT2D eigenvalue weighted by Crippen LogP contribution is -2.39. The fourth-order valence-electron chi connectivity index (χ4n) is 3.86. The molecule has 4 unspecified atom stereocenters. The molecule has 1 saturated heterocycles. The maximum Gasteiger partial charge on any atom is 0.432 e. The number of nitrogens with one attached hydrogen (secondary N) is 1. The minimum absolute atomic E-state index is 0.102. The molecule has 7 nitrogen and oxygen atoms in total. The maximum atomic E-state index is 12.3. The SMILES string of the molecule is O=C(NCCCCCCO)ON1C(=O)C2C3C=CC(C3)C2C1=O. The van der Waals surface area contributed by atoms with Gasteiger partial charge in [0.1, 0.15) is 0 Å². The first kappa shape index (κ1) is 16.0. The summed E-state index contributed by atoms with van der Waals surface area (Å²) in [5.74, 6) is -1.30. The van der Waals surface area contributed by atoms with Gasteiger partial charge in [0, 0.05) is 13.2 Å². The minimum Gasteiger partial charge on any atom is -0.396 e. The zero-order chi connectivity index (χ0) is 16.4. The van der Waals surface area contributed by atoms with E-state index in [9.17, 15) is 14.4 Å². The van der Waals surface area contributed by atoms with Gasteiger partial charge in [0.15, 0.2) is 0 Å². The standard InChI is InChI=1S/C16H22N2O5/c19-8-4-2-1-3-7-17-16(22)23-18-14(20)12-10-5-6-11(9-10)13(12)15(18)21/h5-6,10-13,19H,1-4,7-9H2,(H,17,22). The molecular formula is C16H22N2O5. The molecule has 126 valence electrons. The molecule has 3 amide bonds. The van der Waals surface area contributed by atoms with Crippen LogP contribution in [0.25, 0.3) is 0 Å². The Morgan fingerprint density at radius 3 is 2.35 bits per heavy atom. The second-order valence-corrected chi connectivity index (χ2v) is 6.41. The van der Waals surface area contributed by atoms with E-state index in [0.29, 0.717) is 11.6 Å². The second kappa shape index (κ2) is 6.70. The number of amides is 3. The number of imide groups is 1. The molecule has 3 aliphatic rings. The molecule has 1 saturated carbocycles. The number of hydroxylamine groups is 2. The van der Waals surface area contributed by atoms with Crippen LogP contribution in [0.5, 0.6) is 0 Å². The molecule has 2 bridgehead atoms. The summed E-state index contributed by atoms with van der Waals surface area (Å²) in [4.78, 5) is 41.3. The predicted octanol–water partition coefficient (Wildman–Crippen LogP) is 0.987. The number of carbonyl (C=O) groups is 3. The Morgan fingerprint density at radius 2 is 1.74 bits per heavy atom. The molecule has 0 spiro atoms. The lowest BCUT2D eigenvalue weighted by atomic mass is 9.85. The van der Waals surface area contributed by atoms with Gasteiger partial charge in [-0.3, -0.25) is 9.59 Å². The van der Waals surface area contributed by atoms with Crippen molar-refractivity contribution >= 4 is 17.9 Å². The number of carbonyl (C=O) groups excluding carboxylic acids is 3. The van der Waals surface area contributed by atoms with Gasteiger partial charge in [-0.15, -0.1) is 5.06 Å². The fraction of sp³-hybridized carbons (Fsp3) is 0.688. The highest BCUT2D eigenvalue weighted by Crippen LogP contribution is 2.52. The average Bonchev–Trinajstić information content (AvgIpc) is 3.20. The van der Waals surface area contributed by atoms with E-state index in [1.54, 1.807) is 0 Å². The van der Waals surface area contributed by atoms with Crippen LogP contribution in [0.2, 0.25) is 0 Å². The third kappa shape index (κ3) is 2.97. The summed E-state index contributed by atoms with van der Waals surface area (Å²) < 4.78 is 0. The first-order chi connectivity index (χ1) is 11.1. The van der Waals surface area contributed by atoms with E-state index in [4.69, 9.17) is 9.94 Å². The van der Waals surface area contributed by atoms with Crippen molar-refractivity contribution < 1.29 is 24.3 Å². The van der Waals surface area contributed by atoms with Gasteiger partial charge < -0.3 is 15.3 Å². The molecule has 0 aromatic heterocycles. The Balaban J connectivity index is 1.45. The molecule has 0 aromatic carbocycles. The molecule has 1 aliphatic heterocycles. The zero-order valence-corrected chi connectivity index (χ0v) is 12.9. The van der Waals surface area contributed by atoms with Gasteiger partial charge in [0.25, 0.3) is 11.8 Å². The van der Waals surface area contributed by atoms with Gasteiger partial charge in [-0.2, -0.15) is 0 Å². The average molecular weight is 322 g/mol. The van der Waals surface area contributed by atoms with Crippen LogP contribution in [0.15, 0.2) is 12.2 Å². The fourth-order valence-corrected chi connectivity index (χ4v) is 3.86. The summed E-state index contributed by atoms with van der Waals surface area (Å²) >= 11 is 0. The van der Waals surface area contributed by atoms with Crippen LogP contribution in [0.4, 0.5) is 4.79 Å². The first-order valence-electron chi connectivity index (χ1n) is 8.26. The molecule has 0 aromatic rings. The number of rotatable bonds is 7. The van der Waals surface area contributed by atoms with Crippen LogP contribution in [-0.4, -0.2) is 41.2 Å². The minimum atomic E-state index is -0.769. The Bertz CT molecular complexity index is 503. The normalized spacial score (nSPS) is 30.9. The van der Waals surface area contributed by atoms with Crippen LogP contribution >= 0.6 is 0 Å². The Labute approximate surface area is 134 Å². The molecule has 4 atom stereocenters. The lowest BCUT2D eigenvalue weighted by molar-refractivity contribution is -0.174. The van der Waals surface area contributed by atoms with E-state index in [0.717, 1.165) is 32.1 Å². The first-order valence-corrected chi connectivity index (χ1v) is 8.26. The summed E-state index contributed by atoms with van der Waals surface area (Å²) in [6, 6.07) is 0. The van der Waals surface area contributed by atoms with E-state index in [1.165, 1.54) is 0 Å². The second-order valence-electron chi connectivity index (χ2n) is 6.41. The van der Waals surface area contributed by atoms with Gasteiger partial charge in [-0.25, -0.2) is 4.79 Å². The molecule has 23 heavy (non-hydrogen) atoms. The molecule has 1 heterocycles. The topological polar surface area (TPSA) is 95.9 Å². The number of unbranched alkanes of at least 4 members (excludes halogenated alkanes) is 3. The van der Waals surface area contributed by atoms with Crippen LogP contribution in [0, 0.1) is 23.7 Å². The van der Waals surface area contributed by atoms with Crippen LogP contribution in [0.1, 0.15) is 32.1 Å². The maximum absolute atomic E-state index is 12.3. The van der Waals surface area contributed by atoms with E-state index >= 15 is 0 Å². The molecule has 2 fully saturated rings. The van der Waals surface area contributed by atoms with E-state index < -0.39 is 17.9 Å². The molecular weight excluding hydrogens is 300 g/mol. The number of fused-ring (bicyclic) bond motifs is 5. The van der Waals surface area contributed by atoms with Crippen LogP contribution in [-0.2, 0) is 14.4 Å². The Morgan fingerprint density at radius 1 is 1.13 bits per heavy atom. The smallest absolute Gasteiger partial charge is 0.396 e. The molecule has 2 aliphatic carbocycles. The van der Waals surface area contributed by atoms with Crippen molar-refractivity contribution in [2.24, 2.45) is 23.7 Å². The summed E-state index contributed by atoms with van der Waals surface area (Å²) in [6.07, 6.45) is 7.36. The van der Waals surface area contributed by atoms with Gasteiger partial charge in [0.2, 0.25) is 0 Å². The van der Waals surface area contributed by atoms with Gasteiger partial charge in [-0.05, 0) is 31.1 Å². The Hall–Kier alpha value is -1.89. The van der Waals surface area contributed by atoms with Gasteiger partial charge in [-0.1, -0.05) is 25.0 Å². The quantitative estimate of drug-likeness (QED) is 0.414. The molecule has 7 heteroatoms. The monoisotopic (exact) mass is 322 g/mol. The predicted molar refractivity (Wildman–Crippen MR) is 79.6 cm³/mol. The molecule has 3 rings (SSSR count). The number of aliphatic hydroxyl groups is 1. The highest BCUT2D eigenvalue weighted by atomic mass is 16.7. The molecule has 2 N–H and O–H groups in total. The lowest BCUT2D eigenvalue weighted by Gasteiger charge is -2.16. The Kier molecular flexibility index (Phi) is 4.66. The van der Waals surface area contributed by atoms with Gasteiger partial charge in [0.05, 0.1) is 11.8 Å². The van der Waals surface area contributed by atoms with Crippen molar-refractivity contribution in [3.63, 3.8) is 0 Å². The molecule has 0 radical (unpaired) electrons. The number of hydrogen-bond donors (Lipinski definition) is 2. The van der Waals surface area contributed by atoms with Gasteiger partial charge >= 0.3 is 6.09 Å². The number of nitrogens with zero attached hydrogens (tertiary/aromatic N) is 1. The third-order valence-electron chi connectivity index (χ3n) is 4.96. The van der Waals surface area contributed by atoms with Crippen molar-refractivity contribution in [3.8, 4) is 0 Å². The highest BCUT2D eigenvalue weighted by molar-refractivity contribution is 6.06. The number of allylic oxidation sites excluding steroid dienone is 2. The van der Waals surface area contributed by atoms with Crippen molar-refractivity contribution in [2.45, 2.75) is 32.1 Å². The van der Waals surface area contributed by atoms with Crippen LogP contribution in [0.3, 0.4) is 0 Å². The highest BCUT2D eigenvalue weighted by Gasteiger charge is 2.60. The third-order valence-corrected chi connectivity index (χ3v) is 4.96. The van der Waals surface area contributed by atoms with E-state index in [1.807, 2.05) is 12.2 Å². The summed E-state index contributed by atoms with van der Waals surface area (Å²) in [6.45, 7) is 0.591. The zero-order valence-electron chi connectivity index (χ0n) is 12.9. The van der Waals surface area contributed by atoms with E-state index in [-0.39, 0.29) is 30.3 Å². The summed E-state index contributed by atoms with van der Waals surface area (Å²) in [5.41, 5.74) is 0. The summed E-state index contributed by atoms with van der Waals surface area (Å²) in [5, 5.41) is 11.9. The van der Waals surface area contributed by atoms with Crippen LogP contribution < -0.4 is 5.32 Å². The number of hydrogen-bond acceptors (Lipinski definition) is 5. The van der Waals surface area contributed by atoms with Crippen molar-refractivity contribution in [2.75, 3.05) is 13.2 Å². The van der Waals surface area contributed by atoms with Crippen molar-refractivity contribution in [3.05, 3.63) is 12.2 Å². The van der Waals surface area contributed by atoms with Crippen molar-refractivity contribution in [1.29, 1.82) is 0 Å². The number of aliphatic hydroxyl groups excluding tert-OH is 1. The largest absolute Gasteiger partial charge is 0.432 e.